The monoisotopic (exact) mass is 265 g/mol. The predicted molar refractivity (Wildman–Crippen MR) is 74.9 cm³/mol. The first kappa shape index (κ1) is 14.2. The van der Waals surface area contributed by atoms with Crippen molar-refractivity contribution in [1.82, 2.24) is 5.32 Å². The fourth-order valence-corrected chi connectivity index (χ4v) is 1.83. The molecule has 1 fully saturated rings. The Morgan fingerprint density at radius 2 is 2.11 bits per heavy atom. The van der Waals surface area contributed by atoms with E-state index in [1.54, 1.807) is 14.0 Å². The van der Waals surface area contributed by atoms with Gasteiger partial charge in [0.05, 0.1) is 7.11 Å². The van der Waals surface area contributed by atoms with Crippen LogP contribution in [0.15, 0.2) is 18.2 Å². The lowest BCUT2D eigenvalue weighted by atomic mass is 10.1. The molecular weight excluding hydrogens is 242 g/mol. The first-order valence-corrected chi connectivity index (χ1v) is 6.73. The molecule has 1 aromatic carbocycles. The minimum absolute atomic E-state index is 0.242. The van der Waals surface area contributed by atoms with Crippen molar-refractivity contribution in [2.24, 2.45) is 0 Å². The smallest absolute Gasteiger partial charge is 0.161 e. The summed E-state index contributed by atoms with van der Waals surface area (Å²) < 4.78 is 11.0. The highest BCUT2D eigenvalue weighted by Crippen LogP contribution is 2.28. The van der Waals surface area contributed by atoms with Gasteiger partial charge in [-0.3, -0.25) is 0 Å². The minimum atomic E-state index is -0.877. The molecule has 1 aliphatic rings. The summed E-state index contributed by atoms with van der Waals surface area (Å²) in [5.41, 5.74) is 0.240. The molecule has 4 nitrogen and oxygen atoms in total. The number of aliphatic hydroxyl groups is 1. The number of benzene rings is 1. The lowest BCUT2D eigenvalue weighted by Gasteiger charge is -2.24. The first-order valence-electron chi connectivity index (χ1n) is 6.73. The van der Waals surface area contributed by atoms with Crippen LogP contribution < -0.4 is 14.8 Å². The minimum Gasteiger partial charge on any atom is -0.493 e. The normalized spacial score (nSPS) is 17.9. The summed E-state index contributed by atoms with van der Waals surface area (Å²) in [4.78, 5) is 0. The number of hydrogen-bond donors (Lipinski definition) is 2. The van der Waals surface area contributed by atoms with E-state index in [1.165, 1.54) is 12.8 Å². The maximum absolute atomic E-state index is 10.2. The number of hydrogen-bond acceptors (Lipinski definition) is 4. The molecular formula is C15H23NO3. The summed E-state index contributed by atoms with van der Waals surface area (Å²) in [5.74, 6) is 1.37. The van der Waals surface area contributed by atoms with Crippen LogP contribution in [0.1, 0.15) is 25.3 Å². The molecule has 106 valence electrons. The number of nitrogens with one attached hydrogen (secondary N) is 1. The molecule has 4 heteroatoms. The third-order valence-corrected chi connectivity index (χ3v) is 3.21. The second-order valence-corrected chi connectivity index (χ2v) is 5.60. The lowest BCUT2D eigenvalue weighted by Crippen LogP contribution is -2.43. The Kier molecular flexibility index (Phi) is 4.32. The molecule has 0 saturated heterocycles. The fraction of sp³-hybridized carbons (Fsp3) is 0.600. The van der Waals surface area contributed by atoms with E-state index < -0.39 is 5.60 Å². The van der Waals surface area contributed by atoms with Crippen molar-refractivity contribution >= 4 is 0 Å². The molecule has 1 unspecified atom stereocenters. The van der Waals surface area contributed by atoms with E-state index in [2.05, 4.69) is 5.32 Å². The van der Waals surface area contributed by atoms with Crippen LogP contribution >= 0.6 is 0 Å². The average Bonchev–Trinajstić information content (AvgIpc) is 3.19. The summed E-state index contributed by atoms with van der Waals surface area (Å²) in [6, 6.07) is 6.35. The highest BCUT2D eigenvalue weighted by Gasteiger charge is 2.27. The van der Waals surface area contributed by atoms with Gasteiger partial charge in [0.2, 0.25) is 0 Å². The Hall–Kier alpha value is -1.26. The van der Waals surface area contributed by atoms with E-state index in [0.29, 0.717) is 24.1 Å². The van der Waals surface area contributed by atoms with Crippen molar-refractivity contribution in [2.75, 3.05) is 20.3 Å². The highest BCUT2D eigenvalue weighted by atomic mass is 16.5. The van der Waals surface area contributed by atoms with Gasteiger partial charge in [-0.05, 0) is 44.4 Å². The van der Waals surface area contributed by atoms with Gasteiger partial charge in [0.15, 0.2) is 11.5 Å². The molecule has 0 aliphatic heterocycles. The van der Waals surface area contributed by atoms with Crippen LogP contribution in [0.3, 0.4) is 0 Å². The van der Waals surface area contributed by atoms with Crippen LogP contribution in [0.25, 0.3) is 0 Å². The maximum atomic E-state index is 10.2. The van der Waals surface area contributed by atoms with Gasteiger partial charge in [0.25, 0.3) is 0 Å². The number of ether oxygens (including phenoxy) is 2. The number of rotatable bonds is 7. The molecule has 2 rings (SSSR count). The summed E-state index contributed by atoms with van der Waals surface area (Å²) in [6.07, 6.45) is 2.42. The number of methoxy groups -OCH3 is 1. The molecule has 1 atom stereocenters. The van der Waals surface area contributed by atoms with Gasteiger partial charge in [-0.15, -0.1) is 0 Å². The SMILES string of the molecule is COc1cc(C)ccc1OCC(C)(O)CNC1CC1. The van der Waals surface area contributed by atoms with Crippen LogP contribution in [0.5, 0.6) is 11.5 Å². The third-order valence-electron chi connectivity index (χ3n) is 3.21. The predicted octanol–water partition coefficient (Wildman–Crippen LogP) is 1.89. The Bertz CT molecular complexity index is 427. The van der Waals surface area contributed by atoms with Crippen molar-refractivity contribution in [3.63, 3.8) is 0 Å². The topological polar surface area (TPSA) is 50.7 Å². The molecule has 0 bridgehead atoms. The zero-order chi connectivity index (χ0) is 13.9. The molecule has 0 amide bonds. The van der Waals surface area contributed by atoms with Gasteiger partial charge >= 0.3 is 0 Å². The molecule has 0 aromatic heterocycles. The lowest BCUT2D eigenvalue weighted by molar-refractivity contribution is 0.0113. The van der Waals surface area contributed by atoms with Crippen molar-refractivity contribution in [2.45, 2.75) is 38.3 Å². The third kappa shape index (κ3) is 4.40. The Morgan fingerprint density at radius 1 is 1.37 bits per heavy atom. The fourth-order valence-electron chi connectivity index (χ4n) is 1.83. The van der Waals surface area contributed by atoms with E-state index in [0.717, 1.165) is 5.56 Å². The summed E-state index contributed by atoms with van der Waals surface area (Å²) in [7, 11) is 1.62. The molecule has 1 aliphatic carbocycles. The van der Waals surface area contributed by atoms with Crippen molar-refractivity contribution in [3.8, 4) is 11.5 Å². The van der Waals surface area contributed by atoms with Crippen LogP contribution in [0.4, 0.5) is 0 Å². The van der Waals surface area contributed by atoms with Gasteiger partial charge in [-0.2, -0.15) is 0 Å². The molecule has 1 saturated carbocycles. The Morgan fingerprint density at radius 3 is 2.74 bits per heavy atom. The first-order chi connectivity index (χ1) is 9.00. The van der Waals surface area contributed by atoms with Gasteiger partial charge in [0.1, 0.15) is 12.2 Å². The summed E-state index contributed by atoms with van der Waals surface area (Å²) in [5, 5.41) is 13.6. The van der Waals surface area contributed by atoms with E-state index in [-0.39, 0.29) is 6.61 Å². The molecule has 0 heterocycles. The van der Waals surface area contributed by atoms with Crippen LogP contribution in [0, 0.1) is 6.92 Å². The second kappa shape index (κ2) is 5.80. The van der Waals surface area contributed by atoms with Crippen molar-refractivity contribution in [3.05, 3.63) is 23.8 Å². The van der Waals surface area contributed by atoms with E-state index in [9.17, 15) is 5.11 Å². The van der Waals surface area contributed by atoms with Crippen molar-refractivity contribution < 1.29 is 14.6 Å². The van der Waals surface area contributed by atoms with E-state index >= 15 is 0 Å². The van der Waals surface area contributed by atoms with Crippen LogP contribution in [-0.2, 0) is 0 Å². The van der Waals surface area contributed by atoms with Crippen molar-refractivity contribution in [1.29, 1.82) is 0 Å². The second-order valence-electron chi connectivity index (χ2n) is 5.60. The van der Waals surface area contributed by atoms with Gasteiger partial charge in [-0.1, -0.05) is 6.07 Å². The quantitative estimate of drug-likeness (QED) is 0.790. The maximum Gasteiger partial charge on any atom is 0.161 e. The number of aryl methyl sites for hydroxylation is 1. The molecule has 2 N–H and O–H groups in total. The standard InChI is InChI=1S/C15H23NO3/c1-11-4-7-13(14(8-11)18-3)19-10-15(2,17)9-16-12-5-6-12/h4,7-8,12,16-17H,5-6,9-10H2,1-3H3. The molecule has 0 radical (unpaired) electrons. The zero-order valence-corrected chi connectivity index (χ0v) is 11.9. The Balaban J connectivity index is 1.89. The van der Waals surface area contributed by atoms with Gasteiger partial charge < -0.3 is 19.9 Å². The zero-order valence-electron chi connectivity index (χ0n) is 11.9. The van der Waals surface area contributed by atoms with Crippen LogP contribution in [-0.4, -0.2) is 37.0 Å². The van der Waals surface area contributed by atoms with E-state index in [4.69, 9.17) is 9.47 Å². The average molecular weight is 265 g/mol. The van der Waals surface area contributed by atoms with Gasteiger partial charge in [-0.25, -0.2) is 0 Å². The molecule has 19 heavy (non-hydrogen) atoms. The van der Waals surface area contributed by atoms with E-state index in [1.807, 2.05) is 25.1 Å². The highest BCUT2D eigenvalue weighted by molar-refractivity contribution is 5.42. The van der Waals surface area contributed by atoms with Crippen LogP contribution in [0.2, 0.25) is 0 Å². The van der Waals surface area contributed by atoms with Gasteiger partial charge in [0, 0.05) is 12.6 Å². The largest absolute Gasteiger partial charge is 0.493 e. The molecule has 0 spiro atoms. The summed E-state index contributed by atoms with van der Waals surface area (Å²) in [6.45, 7) is 4.57. The molecule has 1 aromatic rings. The Labute approximate surface area is 114 Å². The summed E-state index contributed by atoms with van der Waals surface area (Å²) >= 11 is 0.